The summed E-state index contributed by atoms with van der Waals surface area (Å²) in [5, 5.41) is 0.186. The lowest BCUT2D eigenvalue weighted by Gasteiger charge is -2.10. The van der Waals surface area contributed by atoms with E-state index in [0.717, 1.165) is 28.3 Å². The number of fused-ring (bicyclic) bond motifs is 1. The van der Waals surface area contributed by atoms with E-state index in [2.05, 4.69) is 4.98 Å². The van der Waals surface area contributed by atoms with Gasteiger partial charge >= 0.3 is 0 Å². The smallest absolute Gasteiger partial charge is 0.266 e. The fourth-order valence-electron chi connectivity index (χ4n) is 2.16. The van der Waals surface area contributed by atoms with E-state index in [9.17, 15) is 13.6 Å². The molecule has 3 aromatic rings. The van der Waals surface area contributed by atoms with Crippen LogP contribution < -0.4 is 5.56 Å². The van der Waals surface area contributed by atoms with E-state index in [1.165, 1.54) is 0 Å². The highest BCUT2D eigenvalue weighted by Crippen LogP contribution is 2.18. The molecule has 1 aromatic heterocycles. The number of rotatable bonds is 1. The van der Waals surface area contributed by atoms with E-state index >= 15 is 0 Å². The third-order valence-corrected chi connectivity index (χ3v) is 3.34. The minimum Gasteiger partial charge on any atom is -0.268 e. The zero-order valence-corrected chi connectivity index (χ0v) is 11.7. The standard InChI is InChI=1S/C15H9ClF2N2O/c1-8-2-3-13-12(4-8)14(21)20(15(16)19-13)11-6-9(17)5-10(18)7-11/h2-7H,1H3. The molecule has 0 amide bonds. The predicted octanol–water partition coefficient (Wildman–Crippen LogP) is 3.63. The zero-order chi connectivity index (χ0) is 15.1. The summed E-state index contributed by atoms with van der Waals surface area (Å²) in [4.78, 5) is 16.6. The van der Waals surface area contributed by atoms with Crippen LogP contribution in [0.3, 0.4) is 0 Å². The quantitative estimate of drug-likeness (QED) is 0.644. The molecule has 3 nitrogen and oxygen atoms in total. The highest BCUT2D eigenvalue weighted by molar-refractivity contribution is 6.29. The van der Waals surface area contributed by atoms with Crippen LogP contribution in [0.5, 0.6) is 0 Å². The molecule has 0 spiro atoms. The van der Waals surface area contributed by atoms with Crippen molar-refractivity contribution in [1.82, 2.24) is 9.55 Å². The fraction of sp³-hybridized carbons (Fsp3) is 0.0667. The van der Waals surface area contributed by atoms with Gasteiger partial charge in [0.15, 0.2) is 0 Å². The van der Waals surface area contributed by atoms with E-state index in [1.54, 1.807) is 18.2 Å². The van der Waals surface area contributed by atoms with Crippen molar-refractivity contribution >= 4 is 22.5 Å². The van der Waals surface area contributed by atoms with E-state index in [4.69, 9.17) is 11.6 Å². The number of benzene rings is 2. The van der Waals surface area contributed by atoms with Crippen molar-refractivity contribution in [3.8, 4) is 5.69 Å². The van der Waals surface area contributed by atoms with Crippen molar-refractivity contribution in [2.75, 3.05) is 0 Å². The summed E-state index contributed by atoms with van der Waals surface area (Å²) in [6, 6.07) is 7.92. The molecular formula is C15H9ClF2N2O. The number of nitrogens with zero attached hydrogens (tertiary/aromatic N) is 2. The number of aromatic nitrogens is 2. The summed E-state index contributed by atoms with van der Waals surface area (Å²) >= 11 is 5.99. The summed E-state index contributed by atoms with van der Waals surface area (Å²) in [6.45, 7) is 1.83. The molecule has 1 heterocycles. The Morgan fingerprint density at radius 1 is 1.10 bits per heavy atom. The van der Waals surface area contributed by atoms with Crippen LogP contribution in [0.25, 0.3) is 16.6 Å². The average molecular weight is 307 g/mol. The summed E-state index contributed by atoms with van der Waals surface area (Å²) in [5.41, 5.74) is 0.835. The summed E-state index contributed by atoms with van der Waals surface area (Å²) < 4.78 is 27.7. The molecule has 0 unspecified atom stereocenters. The Balaban J connectivity index is 2.39. The molecule has 0 fully saturated rings. The lowest BCUT2D eigenvalue weighted by atomic mass is 10.1. The molecule has 0 aliphatic carbocycles. The first-order valence-electron chi connectivity index (χ1n) is 6.11. The van der Waals surface area contributed by atoms with Crippen molar-refractivity contribution in [2.24, 2.45) is 0 Å². The van der Waals surface area contributed by atoms with Gasteiger partial charge in [-0.2, -0.15) is 0 Å². The SMILES string of the molecule is Cc1ccc2nc(Cl)n(-c3cc(F)cc(F)c3)c(=O)c2c1. The first-order valence-corrected chi connectivity index (χ1v) is 6.49. The minimum absolute atomic E-state index is 0.00148. The van der Waals surface area contributed by atoms with Gasteiger partial charge in [-0.15, -0.1) is 0 Å². The van der Waals surface area contributed by atoms with E-state index in [0.29, 0.717) is 10.9 Å². The molecule has 0 saturated carbocycles. The molecular weight excluding hydrogens is 298 g/mol. The maximum Gasteiger partial charge on any atom is 0.266 e. The highest BCUT2D eigenvalue weighted by atomic mass is 35.5. The Kier molecular flexibility index (Phi) is 3.22. The minimum atomic E-state index is -0.794. The van der Waals surface area contributed by atoms with Crippen molar-refractivity contribution < 1.29 is 8.78 Å². The van der Waals surface area contributed by atoms with Gasteiger partial charge in [-0.05, 0) is 42.8 Å². The van der Waals surface area contributed by atoms with E-state index in [1.807, 2.05) is 6.92 Å². The van der Waals surface area contributed by atoms with Gasteiger partial charge in [-0.25, -0.2) is 13.8 Å². The molecule has 0 N–H and O–H groups in total. The lowest BCUT2D eigenvalue weighted by molar-refractivity contribution is 0.581. The maximum atomic E-state index is 13.3. The molecule has 0 radical (unpaired) electrons. The van der Waals surface area contributed by atoms with Crippen LogP contribution in [0.4, 0.5) is 8.78 Å². The van der Waals surface area contributed by atoms with Crippen LogP contribution >= 0.6 is 11.6 Å². The van der Waals surface area contributed by atoms with Gasteiger partial charge in [0.2, 0.25) is 5.28 Å². The largest absolute Gasteiger partial charge is 0.268 e. The second-order valence-corrected chi connectivity index (χ2v) is 5.01. The molecule has 0 atom stereocenters. The van der Waals surface area contributed by atoms with Gasteiger partial charge in [0.05, 0.1) is 16.6 Å². The van der Waals surface area contributed by atoms with Crippen LogP contribution in [0, 0.1) is 18.6 Å². The van der Waals surface area contributed by atoms with E-state index in [-0.39, 0.29) is 11.0 Å². The first kappa shape index (κ1) is 13.7. The van der Waals surface area contributed by atoms with Crippen molar-refractivity contribution in [1.29, 1.82) is 0 Å². The normalized spacial score (nSPS) is 11.0. The summed E-state index contributed by atoms with van der Waals surface area (Å²) in [7, 11) is 0. The topological polar surface area (TPSA) is 34.9 Å². The van der Waals surface area contributed by atoms with Gasteiger partial charge < -0.3 is 0 Å². The molecule has 0 saturated heterocycles. The monoisotopic (exact) mass is 306 g/mol. The lowest BCUT2D eigenvalue weighted by Crippen LogP contribution is -2.21. The molecule has 6 heteroatoms. The number of hydrogen-bond acceptors (Lipinski definition) is 2. The summed E-state index contributed by atoms with van der Waals surface area (Å²) in [6.07, 6.45) is 0. The summed E-state index contributed by atoms with van der Waals surface area (Å²) in [5.74, 6) is -1.59. The Labute approximate surface area is 123 Å². The molecule has 3 rings (SSSR count). The number of hydrogen-bond donors (Lipinski definition) is 0. The zero-order valence-electron chi connectivity index (χ0n) is 10.9. The fourth-order valence-corrected chi connectivity index (χ4v) is 2.43. The molecule has 2 aromatic carbocycles. The van der Waals surface area contributed by atoms with Crippen LogP contribution in [-0.4, -0.2) is 9.55 Å². The Bertz CT molecular complexity index is 901. The van der Waals surface area contributed by atoms with Gasteiger partial charge in [0.1, 0.15) is 11.6 Å². The van der Waals surface area contributed by atoms with Gasteiger partial charge in [-0.3, -0.25) is 9.36 Å². The van der Waals surface area contributed by atoms with Crippen molar-refractivity contribution in [3.63, 3.8) is 0 Å². The van der Waals surface area contributed by atoms with Crippen LogP contribution in [0.2, 0.25) is 5.28 Å². The Morgan fingerprint density at radius 3 is 2.43 bits per heavy atom. The van der Waals surface area contributed by atoms with Crippen molar-refractivity contribution in [2.45, 2.75) is 6.92 Å². The number of halogens is 3. The highest BCUT2D eigenvalue weighted by Gasteiger charge is 2.13. The molecule has 21 heavy (non-hydrogen) atoms. The maximum absolute atomic E-state index is 13.3. The van der Waals surface area contributed by atoms with Gasteiger partial charge in [-0.1, -0.05) is 11.6 Å². The first-order chi connectivity index (χ1) is 9.95. The Morgan fingerprint density at radius 2 is 1.76 bits per heavy atom. The Hall–Kier alpha value is -2.27. The molecule has 106 valence electrons. The van der Waals surface area contributed by atoms with E-state index < -0.39 is 17.2 Å². The third-order valence-electron chi connectivity index (χ3n) is 3.09. The third kappa shape index (κ3) is 2.40. The molecule has 0 bridgehead atoms. The molecule has 0 aliphatic rings. The van der Waals surface area contributed by atoms with Gasteiger partial charge in [0, 0.05) is 6.07 Å². The predicted molar refractivity (Wildman–Crippen MR) is 77.0 cm³/mol. The van der Waals surface area contributed by atoms with Crippen LogP contribution in [0.15, 0.2) is 41.2 Å². The second kappa shape index (κ2) is 4.93. The van der Waals surface area contributed by atoms with Crippen molar-refractivity contribution in [3.05, 3.63) is 69.2 Å². The van der Waals surface area contributed by atoms with Gasteiger partial charge in [0.25, 0.3) is 5.56 Å². The second-order valence-electron chi connectivity index (χ2n) is 4.67. The average Bonchev–Trinajstić information content (AvgIpc) is 2.39. The number of aryl methyl sites for hydroxylation is 1. The van der Waals surface area contributed by atoms with Crippen LogP contribution in [0.1, 0.15) is 5.56 Å². The molecule has 0 aliphatic heterocycles. The van der Waals surface area contributed by atoms with Crippen LogP contribution in [-0.2, 0) is 0 Å².